The Kier molecular flexibility index (Phi) is 6.13. The number of amides is 2. The van der Waals surface area contributed by atoms with Crippen molar-refractivity contribution in [3.63, 3.8) is 0 Å². The summed E-state index contributed by atoms with van der Waals surface area (Å²) in [5.41, 5.74) is 2.71. The van der Waals surface area contributed by atoms with Crippen LogP contribution in [0, 0.1) is 13.8 Å². The van der Waals surface area contributed by atoms with Crippen molar-refractivity contribution in [1.82, 2.24) is 4.98 Å². The number of aryl methyl sites for hydroxylation is 1. The highest BCUT2D eigenvalue weighted by atomic mass is 16.5. The van der Waals surface area contributed by atoms with Crippen molar-refractivity contribution < 1.29 is 23.9 Å². The normalized spacial score (nSPS) is 10.3. The van der Waals surface area contributed by atoms with E-state index in [2.05, 4.69) is 15.6 Å². The van der Waals surface area contributed by atoms with Gasteiger partial charge in [-0.1, -0.05) is 6.07 Å². The number of carbonyl (C=O) groups excluding carboxylic acids is 3. The van der Waals surface area contributed by atoms with Gasteiger partial charge in [-0.3, -0.25) is 9.59 Å². The molecule has 0 unspecified atom stereocenters. The molecule has 2 aromatic rings. The van der Waals surface area contributed by atoms with E-state index < -0.39 is 11.9 Å². The van der Waals surface area contributed by atoms with Crippen LogP contribution in [0.4, 0.5) is 11.4 Å². The van der Waals surface area contributed by atoms with Crippen molar-refractivity contribution in [1.29, 1.82) is 0 Å². The van der Waals surface area contributed by atoms with E-state index in [4.69, 9.17) is 9.47 Å². The standard InChI is InChI=1S/C18H21N3O5/c1-10-15(18(24)26-4)11(2)19-16(10)17(23)21-13-7-5-6-12(8-13)20-14(22)9-25-3/h5-8,19H,9H2,1-4H3,(H,20,22)(H,21,23). The molecule has 0 radical (unpaired) electrons. The third-order valence-corrected chi connectivity index (χ3v) is 3.73. The zero-order chi connectivity index (χ0) is 19.3. The molecule has 0 aliphatic carbocycles. The predicted molar refractivity (Wildman–Crippen MR) is 96.5 cm³/mol. The molecule has 0 fully saturated rings. The van der Waals surface area contributed by atoms with Crippen LogP contribution in [0.15, 0.2) is 24.3 Å². The SMILES string of the molecule is COCC(=O)Nc1cccc(NC(=O)c2[nH]c(C)c(C(=O)OC)c2C)c1. The summed E-state index contributed by atoms with van der Waals surface area (Å²) in [4.78, 5) is 38.9. The van der Waals surface area contributed by atoms with E-state index in [1.165, 1.54) is 14.2 Å². The molecule has 3 N–H and O–H groups in total. The lowest BCUT2D eigenvalue weighted by Crippen LogP contribution is -2.17. The van der Waals surface area contributed by atoms with Gasteiger partial charge in [0.05, 0.1) is 12.7 Å². The van der Waals surface area contributed by atoms with Crippen molar-refractivity contribution >= 4 is 29.2 Å². The van der Waals surface area contributed by atoms with Crippen LogP contribution in [-0.4, -0.2) is 43.6 Å². The number of hydrogen-bond donors (Lipinski definition) is 3. The Labute approximate surface area is 150 Å². The van der Waals surface area contributed by atoms with E-state index >= 15 is 0 Å². The lowest BCUT2D eigenvalue weighted by molar-refractivity contribution is -0.119. The fourth-order valence-electron chi connectivity index (χ4n) is 2.58. The molecule has 8 heteroatoms. The lowest BCUT2D eigenvalue weighted by atomic mass is 10.1. The Balaban J connectivity index is 2.18. The molecule has 0 aliphatic rings. The summed E-state index contributed by atoms with van der Waals surface area (Å²) < 4.78 is 9.50. The molecule has 26 heavy (non-hydrogen) atoms. The highest BCUT2D eigenvalue weighted by Crippen LogP contribution is 2.21. The Morgan fingerprint density at radius 2 is 1.73 bits per heavy atom. The zero-order valence-electron chi connectivity index (χ0n) is 15.1. The van der Waals surface area contributed by atoms with Gasteiger partial charge in [0.2, 0.25) is 5.91 Å². The van der Waals surface area contributed by atoms with Crippen molar-refractivity contribution in [2.75, 3.05) is 31.5 Å². The Bertz CT molecular complexity index is 841. The molecule has 1 heterocycles. The minimum atomic E-state index is -0.502. The van der Waals surface area contributed by atoms with Gasteiger partial charge in [-0.15, -0.1) is 0 Å². The molecule has 0 saturated heterocycles. The van der Waals surface area contributed by atoms with E-state index in [1.807, 2.05) is 0 Å². The molecule has 0 bridgehead atoms. The summed E-state index contributed by atoms with van der Waals surface area (Å²) in [6.07, 6.45) is 0. The van der Waals surface area contributed by atoms with E-state index in [0.717, 1.165) is 0 Å². The van der Waals surface area contributed by atoms with E-state index in [1.54, 1.807) is 38.1 Å². The first-order valence-electron chi connectivity index (χ1n) is 7.85. The second-order valence-electron chi connectivity index (χ2n) is 5.63. The molecule has 2 rings (SSSR count). The fourth-order valence-corrected chi connectivity index (χ4v) is 2.58. The van der Waals surface area contributed by atoms with Crippen LogP contribution in [0.5, 0.6) is 0 Å². The van der Waals surface area contributed by atoms with Gasteiger partial charge < -0.3 is 25.1 Å². The van der Waals surface area contributed by atoms with Gasteiger partial charge in [0.25, 0.3) is 5.91 Å². The first-order valence-corrected chi connectivity index (χ1v) is 7.85. The fraction of sp³-hybridized carbons (Fsp3) is 0.278. The van der Waals surface area contributed by atoms with Crippen molar-refractivity contribution in [2.24, 2.45) is 0 Å². The van der Waals surface area contributed by atoms with Crippen molar-refractivity contribution in [3.05, 3.63) is 46.8 Å². The number of rotatable bonds is 6. The van der Waals surface area contributed by atoms with Crippen LogP contribution in [0.25, 0.3) is 0 Å². The molecule has 0 atom stereocenters. The molecular formula is C18H21N3O5. The summed E-state index contributed by atoms with van der Waals surface area (Å²) in [5.74, 6) is -1.20. The van der Waals surface area contributed by atoms with Crippen molar-refractivity contribution in [3.8, 4) is 0 Å². The molecule has 0 aliphatic heterocycles. The number of aromatic nitrogens is 1. The van der Waals surface area contributed by atoms with Gasteiger partial charge in [0, 0.05) is 24.2 Å². The highest BCUT2D eigenvalue weighted by molar-refractivity contribution is 6.07. The van der Waals surface area contributed by atoms with E-state index in [-0.39, 0.29) is 18.2 Å². The second kappa shape index (κ2) is 8.30. The van der Waals surface area contributed by atoms with Gasteiger partial charge in [-0.05, 0) is 37.6 Å². The smallest absolute Gasteiger partial charge is 0.339 e. The largest absolute Gasteiger partial charge is 0.465 e. The van der Waals surface area contributed by atoms with Gasteiger partial charge >= 0.3 is 5.97 Å². The first kappa shape index (κ1) is 19.2. The molecular weight excluding hydrogens is 338 g/mol. The summed E-state index contributed by atoms with van der Waals surface area (Å²) in [7, 11) is 2.72. The minimum Gasteiger partial charge on any atom is -0.465 e. The minimum absolute atomic E-state index is 0.0617. The number of hydrogen-bond acceptors (Lipinski definition) is 5. The average Bonchev–Trinajstić information content (AvgIpc) is 2.89. The summed E-state index contributed by atoms with van der Waals surface area (Å²) >= 11 is 0. The number of nitrogens with one attached hydrogen (secondary N) is 3. The van der Waals surface area contributed by atoms with Gasteiger partial charge in [0.15, 0.2) is 0 Å². The maximum absolute atomic E-state index is 12.5. The Morgan fingerprint density at radius 1 is 1.08 bits per heavy atom. The molecule has 138 valence electrons. The number of ether oxygens (including phenoxy) is 2. The van der Waals surface area contributed by atoms with Crippen LogP contribution in [0.3, 0.4) is 0 Å². The summed E-state index contributed by atoms with van der Waals surface area (Å²) in [6.45, 7) is 3.31. The van der Waals surface area contributed by atoms with E-state index in [0.29, 0.717) is 28.2 Å². The molecule has 0 spiro atoms. The maximum atomic E-state index is 12.5. The molecule has 0 saturated carbocycles. The number of anilines is 2. The first-order chi connectivity index (χ1) is 12.4. The quantitative estimate of drug-likeness (QED) is 0.685. The predicted octanol–water partition coefficient (Wildman–Crippen LogP) is 2.26. The number of esters is 1. The summed E-state index contributed by atoms with van der Waals surface area (Å²) in [6, 6.07) is 6.71. The third kappa shape index (κ3) is 4.28. The molecule has 1 aromatic heterocycles. The zero-order valence-corrected chi connectivity index (χ0v) is 15.1. The molecule has 8 nitrogen and oxygen atoms in total. The monoisotopic (exact) mass is 359 g/mol. The van der Waals surface area contributed by atoms with Crippen molar-refractivity contribution in [2.45, 2.75) is 13.8 Å². The third-order valence-electron chi connectivity index (χ3n) is 3.73. The number of aromatic amines is 1. The van der Waals surface area contributed by atoms with Gasteiger partial charge in [-0.2, -0.15) is 0 Å². The van der Waals surface area contributed by atoms with Crippen LogP contribution in [0.2, 0.25) is 0 Å². The Morgan fingerprint density at radius 3 is 2.35 bits per heavy atom. The van der Waals surface area contributed by atoms with Gasteiger partial charge in [0.1, 0.15) is 12.3 Å². The van der Waals surface area contributed by atoms with Gasteiger partial charge in [-0.25, -0.2) is 4.79 Å². The van der Waals surface area contributed by atoms with Crippen LogP contribution in [-0.2, 0) is 14.3 Å². The lowest BCUT2D eigenvalue weighted by Gasteiger charge is -2.08. The van der Waals surface area contributed by atoms with Crippen LogP contribution < -0.4 is 10.6 Å². The topological polar surface area (TPSA) is 110 Å². The number of methoxy groups -OCH3 is 2. The number of H-pyrrole nitrogens is 1. The number of benzene rings is 1. The maximum Gasteiger partial charge on any atom is 0.339 e. The summed E-state index contributed by atoms with van der Waals surface area (Å²) in [5, 5.41) is 5.40. The van der Waals surface area contributed by atoms with Crippen LogP contribution >= 0.6 is 0 Å². The molecule has 2 amide bonds. The second-order valence-corrected chi connectivity index (χ2v) is 5.63. The number of carbonyl (C=O) groups is 3. The van der Waals surface area contributed by atoms with Crippen LogP contribution in [0.1, 0.15) is 32.1 Å². The average molecular weight is 359 g/mol. The van der Waals surface area contributed by atoms with E-state index in [9.17, 15) is 14.4 Å². The Hall–Kier alpha value is -3.13. The molecule has 1 aromatic carbocycles. The highest BCUT2D eigenvalue weighted by Gasteiger charge is 2.22.